The molecule has 0 aliphatic rings. The lowest BCUT2D eigenvalue weighted by molar-refractivity contribution is 0.271. The largest absolute Gasteiger partial charge is 0.326 e. The van der Waals surface area contributed by atoms with Gasteiger partial charge >= 0.3 is 0 Å². The third-order valence-electron chi connectivity index (χ3n) is 3.31. The summed E-state index contributed by atoms with van der Waals surface area (Å²) in [5.41, 5.74) is 6.52. The predicted octanol–water partition coefficient (Wildman–Crippen LogP) is 1.52. The van der Waals surface area contributed by atoms with Crippen LogP contribution >= 0.6 is 11.3 Å². The Labute approximate surface area is 126 Å². The molecular weight excluding hydrogens is 294 g/mol. The van der Waals surface area contributed by atoms with E-state index in [-0.39, 0.29) is 0 Å². The molecule has 5 nitrogen and oxygen atoms in total. The molecule has 0 radical (unpaired) electrons. The van der Waals surface area contributed by atoms with Gasteiger partial charge in [-0.05, 0) is 52.4 Å². The number of aryl methyl sites for hydroxylation is 1. The predicted molar refractivity (Wildman–Crippen MR) is 84.5 cm³/mol. The van der Waals surface area contributed by atoms with Gasteiger partial charge in [0.15, 0.2) is 0 Å². The molecule has 0 saturated heterocycles. The van der Waals surface area contributed by atoms with Crippen LogP contribution in [-0.2, 0) is 16.6 Å². The maximum atomic E-state index is 12.1. The first-order valence-corrected chi connectivity index (χ1v) is 9.07. The van der Waals surface area contributed by atoms with Gasteiger partial charge in [-0.2, -0.15) is 0 Å². The van der Waals surface area contributed by atoms with Crippen molar-refractivity contribution in [1.29, 1.82) is 0 Å². The fraction of sp³-hybridized carbons (Fsp3) is 0.692. The molecule has 0 bridgehead atoms. The second kappa shape index (κ2) is 7.51. The number of nitrogens with two attached hydrogens (primary N) is 1. The molecule has 1 heterocycles. The normalized spacial score (nSPS) is 12.6. The second-order valence-corrected chi connectivity index (χ2v) is 8.33. The van der Waals surface area contributed by atoms with Crippen molar-refractivity contribution in [3.63, 3.8) is 0 Å². The minimum absolute atomic E-state index is 0.354. The Morgan fingerprint density at radius 2 is 2.10 bits per heavy atom. The van der Waals surface area contributed by atoms with Gasteiger partial charge in [-0.25, -0.2) is 13.1 Å². The second-order valence-electron chi connectivity index (χ2n) is 5.20. The minimum atomic E-state index is -3.40. The fourth-order valence-electron chi connectivity index (χ4n) is 1.69. The Morgan fingerprint density at radius 3 is 2.60 bits per heavy atom. The van der Waals surface area contributed by atoms with Crippen molar-refractivity contribution < 1.29 is 8.42 Å². The molecule has 0 atom stereocenters. The van der Waals surface area contributed by atoms with Crippen LogP contribution in [0.15, 0.2) is 10.3 Å². The van der Waals surface area contributed by atoms with Crippen LogP contribution in [-0.4, -0.2) is 39.5 Å². The van der Waals surface area contributed by atoms with Crippen LogP contribution in [0.3, 0.4) is 0 Å². The van der Waals surface area contributed by atoms with E-state index in [0.717, 1.165) is 23.4 Å². The number of nitrogens with zero attached hydrogens (tertiary/aromatic N) is 1. The van der Waals surface area contributed by atoms with Crippen molar-refractivity contribution in [2.45, 2.75) is 44.0 Å². The average molecular weight is 319 g/mol. The van der Waals surface area contributed by atoms with Crippen molar-refractivity contribution in [1.82, 2.24) is 9.62 Å². The van der Waals surface area contributed by atoms with E-state index in [0.29, 0.717) is 23.3 Å². The molecule has 1 aromatic rings. The van der Waals surface area contributed by atoms with Gasteiger partial charge in [0, 0.05) is 24.0 Å². The number of hydrogen-bond acceptors (Lipinski definition) is 5. The number of thiophene rings is 1. The third-order valence-corrected chi connectivity index (χ3v) is 6.50. The zero-order valence-electron chi connectivity index (χ0n) is 12.6. The van der Waals surface area contributed by atoms with Crippen LogP contribution in [0.5, 0.6) is 0 Å². The Hall–Kier alpha value is -0.470. The lowest BCUT2D eigenvalue weighted by Crippen LogP contribution is -2.31. The Morgan fingerprint density at radius 1 is 1.45 bits per heavy atom. The number of rotatable bonds is 8. The quantitative estimate of drug-likeness (QED) is 0.713. The molecule has 1 rings (SSSR count). The van der Waals surface area contributed by atoms with Crippen LogP contribution in [0.2, 0.25) is 0 Å². The third kappa shape index (κ3) is 4.82. The summed E-state index contributed by atoms with van der Waals surface area (Å²) in [5.74, 6) is 0. The molecule has 0 aromatic carbocycles. The molecule has 116 valence electrons. The van der Waals surface area contributed by atoms with Crippen molar-refractivity contribution in [2.24, 2.45) is 5.73 Å². The van der Waals surface area contributed by atoms with Gasteiger partial charge in [0.05, 0.1) is 0 Å². The molecule has 7 heteroatoms. The highest BCUT2D eigenvalue weighted by molar-refractivity contribution is 7.91. The van der Waals surface area contributed by atoms with Crippen molar-refractivity contribution >= 4 is 21.4 Å². The molecule has 0 spiro atoms. The summed E-state index contributed by atoms with van der Waals surface area (Å²) < 4.78 is 27.3. The summed E-state index contributed by atoms with van der Waals surface area (Å²) in [7, 11) is -1.36. The standard InChI is InChI=1S/C13H25N3O2S2/c1-10(2)16(4)7-5-6-15-20(17,18)13-8-11(3)12(9-14)19-13/h8,10,15H,5-7,9,14H2,1-4H3. The first-order chi connectivity index (χ1) is 9.27. The topological polar surface area (TPSA) is 75.4 Å². The zero-order chi connectivity index (χ0) is 15.3. The Balaban J connectivity index is 2.53. The minimum Gasteiger partial charge on any atom is -0.326 e. The van der Waals surface area contributed by atoms with Gasteiger partial charge in [0.2, 0.25) is 10.0 Å². The van der Waals surface area contributed by atoms with Gasteiger partial charge < -0.3 is 10.6 Å². The van der Waals surface area contributed by atoms with Gasteiger partial charge in [-0.3, -0.25) is 0 Å². The maximum absolute atomic E-state index is 12.1. The number of nitrogens with one attached hydrogen (secondary N) is 1. The van der Waals surface area contributed by atoms with E-state index < -0.39 is 10.0 Å². The molecule has 0 fully saturated rings. The van der Waals surface area contributed by atoms with E-state index in [1.54, 1.807) is 6.07 Å². The molecule has 0 unspecified atom stereocenters. The highest BCUT2D eigenvalue weighted by Crippen LogP contribution is 2.25. The van der Waals surface area contributed by atoms with E-state index in [9.17, 15) is 8.42 Å². The van der Waals surface area contributed by atoms with Crippen molar-refractivity contribution in [3.8, 4) is 0 Å². The van der Waals surface area contributed by atoms with Gasteiger partial charge in [0.25, 0.3) is 0 Å². The molecule has 20 heavy (non-hydrogen) atoms. The van der Waals surface area contributed by atoms with Gasteiger partial charge in [0.1, 0.15) is 4.21 Å². The van der Waals surface area contributed by atoms with Crippen molar-refractivity contribution in [2.75, 3.05) is 20.1 Å². The lowest BCUT2D eigenvalue weighted by atomic mass is 10.3. The smallest absolute Gasteiger partial charge is 0.250 e. The summed E-state index contributed by atoms with van der Waals surface area (Å²) in [4.78, 5) is 3.11. The van der Waals surface area contributed by atoms with Crippen LogP contribution in [0.1, 0.15) is 30.7 Å². The molecular formula is C13H25N3O2S2. The molecule has 0 amide bonds. The van der Waals surface area contributed by atoms with E-state index in [2.05, 4.69) is 23.5 Å². The van der Waals surface area contributed by atoms with Crippen LogP contribution in [0.25, 0.3) is 0 Å². The molecule has 0 aliphatic carbocycles. The summed E-state index contributed by atoms with van der Waals surface area (Å²) in [6, 6.07) is 2.16. The highest BCUT2D eigenvalue weighted by atomic mass is 32.2. The number of hydrogen-bond donors (Lipinski definition) is 2. The van der Waals surface area contributed by atoms with E-state index in [1.807, 2.05) is 14.0 Å². The Kier molecular flexibility index (Phi) is 6.60. The average Bonchev–Trinajstić information content (AvgIpc) is 2.76. The van der Waals surface area contributed by atoms with Gasteiger partial charge in [-0.1, -0.05) is 0 Å². The summed E-state index contributed by atoms with van der Waals surface area (Å²) in [6.07, 6.45) is 0.794. The highest BCUT2D eigenvalue weighted by Gasteiger charge is 2.18. The number of sulfonamides is 1. The van der Waals surface area contributed by atoms with Crippen LogP contribution < -0.4 is 10.5 Å². The summed E-state index contributed by atoms with van der Waals surface area (Å²) in [5, 5.41) is 0. The molecule has 0 saturated carbocycles. The van der Waals surface area contributed by atoms with Crippen LogP contribution in [0, 0.1) is 6.92 Å². The lowest BCUT2D eigenvalue weighted by Gasteiger charge is -2.20. The fourth-order valence-corrected chi connectivity index (χ4v) is 4.27. The molecule has 3 N–H and O–H groups in total. The monoisotopic (exact) mass is 319 g/mol. The van der Waals surface area contributed by atoms with E-state index in [1.165, 1.54) is 11.3 Å². The first kappa shape index (κ1) is 17.6. The first-order valence-electron chi connectivity index (χ1n) is 6.77. The molecule has 1 aromatic heterocycles. The van der Waals surface area contributed by atoms with E-state index >= 15 is 0 Å². The SMILES string of the molecule is Cc1cc(S(=O)(=O)NCCCN(C)C(C)C)sc1CN. The molecule has 0 aliphatic heterocycles. The van der Waals surface area contributed by atoms with Crippen molar-refractivity contribution in [3.05, 3.63) is 16.5 Å². The van der Waals surface area contributed by atoms with E-state index in [4.69, 9.17) is 5.73 Å². The zero-order valence-corrected chi connectivity index (χ0v) is 14.3. The maximum Gasteiger partial charge on any atom is 0.250 e. The summed E-state index contributed by atoms with van der Waals surface area (Å²) in [6.45, 7) is 7.83. The Bertz CT molecular complexity index is 524. The van der Waals surface area contributed by atoms with Gasteiger partial charge in [-0.15, -0.1) is 11.3 Å². The van der Waals surface area contributed by atoms with Crippen LogP contribution in [0.4, 0.5) is 0 Å². The summed E-state index contributed by atoms with van der Waals surface area (Å²) >= 11 is 1.25.